The van der Waals surface area contributed by atoms with Crippen LogP contribution < -0.4 is 10.9 Å². The zero-order chi connectivity index (χ0) is 26.4. The van der Waals surface area contributed by atoms with Crippen molar-refractivity contribution in [2.24, 2.45) is 7.05 Å². The molecule has 3 atom stereocenters. The minimum Gasteiger partial charge on any atom is -0.372 e. The van der Waals surface area contributed by atoms with Crippen molar-refractivity contribution >= 4 is 22.6 Å². The minimum absolute atomic E-state index is 0.00776. The van der Waals surface area contributed by atoms with E-state index in [1.165, 1.54) is 23.9 Å². The predicted octanol–water partition coefficient (Wildman–Crippen LogP) is 4.08. The molecule has 0 saturated carbocycles. The summed E-state index contributed by atoms with van der Waals surface area (Å²) < 4.78 is 48.7. The predicted molar refractivity (Wildman–Crippen MR) is 129 cm³/mol. The molecule has 3 unspecified atom stereocenters. The Kier molecular flexibility index (Phi) is 6.78. The number of anilines is 1. The van der Waals surface area contributed by atoms with E-state index in [-0.39, 0.29) is 34.6 Å². The molecule has 8 nitrogen and oxygen atoms in total. The number of carbonyl (C=O) groups excluding carboxylic acids is 1. The number of hydrogen-bond acceptors (Lipinski definition) is 6. The van der Waals surface area contributed by atoms with Gasteiger partial charge < -0.3 is 15.0 Å². The first kappa shape index (κ1) is 25.6. The molecular weight excluding hydrogens is 475 g/mol. The van der Waals surface area contributed by atoms with Crippen LogP contribution in [-0.4, -0.2) is 50.6 Å². The number of halogens is 3. The zero-order valence-corrected chi connectivity index (χ0v) is 20.7. The number of aromatic nitrogens is 3. The molecule has 1 aliphatic rings. The monoisotopic (exact) mass is 503 g/mol. The smallest absolute Gasteiger partial charge is 0.372 e. The van der Waals surface area contributed by atoms with Crippen LogP contribution in [0.25, 0.3) is 10.9 Å². The summed E-state index contributed by atoms with van der Waals surface area (Å²) in [7, 11) is 1.52. The van der Waals surface area contributed by atoms with E-state index in [1.807, 2.05) is 13.8 Å². The van der Waals surface area contributed by atoms with Crippen molar-refractivity contribution < 1.29 is 22.7 Å². The maximum absolute atomic E-state index is 13.9. The second-order valence-corrected chi connectivity index (χ2v) is 9.24. The van der Waals surface area contributed by atoms with E-state index in [1.54, 1.807) is 30.9 Å². The molecule has 1 saturated heterocycles. The summed E-state index contributed by atoms with van der Waals surface area (Å²) in [5.74, 6) is 0.432. The molecule has 1 N–H and O–H groups in total. The first-order chi connectivity index (χ1) is 16.8. The van der Waals surface area contributed by atoms with Crippen LogP contribution in [0.1, 0.15) is 54.1 Å². The SMILES string of the molecule is Cc1nc2cc(C(F)(F)F)c(C(C)Nc3ccc(C(=O)N4CC(C)OC(C)C4)cn3)cc2c(=O)n1C. The Labute approximate surface area is 206 Å². The van der Waals surface area contributed by atoms with E-state index < -0.39 is 23.3 Å². The molecule has 1 aromatic carbocycles. The molecule has 0 radical (unpaired) electrons. The van der Waals surface area contributed by atoms with Gasteiger partial charge in [-0.3, -0.25) is 14.2 Å². The topological polar surface area (TPSA) is 89.4 Å². The number of ether oxygens (including phenoxy) is 1. The summed E-state index contributed by atoms with van der Waals surface area (Å²) in [5, 5.41) is 3.06. The van der Waals surface area contributed by atoms with Gasteiger partial charge in [0, 0.05) is 26.3 Å². The lowest BCUT2D eigenvalue weighted by Gasteiger charge is -2.35. The summed E-state index contributed by atoms with van der Waals surface area (Å²) in [6.07, 6.45) is -3.40. The second kappa shape index (κ2) is 9.53. The molecule has 3 aromatic rings. The summed E-state index contributed by atoms with van der Waals surface area (Å²) >= 11 is 0. The molecule has 3 heterocycles. The highest BCUT2D eigenvalue weighted by atomic mass is 19.4. The van der Waals surface area contributed by atoms with E-state index >= 15 is 0 Å². The van der Waals surface area contributed by atoms with Crippen molar-refractivity contribution in [3.8, 4) is 0 Å². The number of pyridine rings is 1. The number of nitrogens with zero attached hydrogens (tertiary/aromatic N) is 4. The third kappa shape index (κ3) is 5.06. The molecule has 2 aromatic heterocycles. The van der Waals surface area contributed by atoms with Crippen molar-refractivity contribution in [3.63, 3.8) is 0 Å². The number of rotatable bonds is 4. The molecule has 36 heavy (non-hydrogen) atoms. The van der Waals surface area contributed by atoms with Crippen LogP contribution in [0.2, 0.25) is 0 Å². The minimum atomic E-state index is -4.65. The van der Waals surface area contributed by atoms with E-state index in [0.717, 1.165) is 6.07 Å². The van der Waals surface area contributed by atoms with Crippen molar-refractivity contribution in [1.82, 2.24) is 19.4 Å². The number of hydrogen-bond donors (Lipinski definition) is 1. The molecular formula is C25H28F3N5O3. The highest BCUT2D eigenvalue weighted by Crippen LogP contribution is 2.37. The van der Waals surface area contributed by atoms with Gasteiger partial charge in [-0.05, 0) is 57.5 Å². The number of fused-ring (bicyclic) bond motifs is 1. The third-order valence-electron chi connectivity index (χ3n) is 6.32. The number of carbonyl (C=O) groups is 1. The highest BCUT2D eigenvalue weighted by Gasteiger charge is 2.35. The van der Waals surface area contributed by atoms with E-state index in [2.05, 4.69) is 15.3 Å². The molecule has 1 amide bonds. The lowest BCUT2D eigenvalue weighted by molar-refractivity contribution is -0.138. The molecule has 0 bridgehead atoms. The Morgan fingerprint density at radius 3 is 2.44 bits per heavy atom. The van der Waals surface area contributed by atoms with E-state index in [9.17, 15) is 22.8 Å². The third-order valence-corrected chi connectivity index (χ3v) is 6.32. The quantitative estimate of drug-likeness (QED) is 0.577. The molecule has 0 aliphatic carbocycles. The molecule has 1 aliphatic heterocycles. The van der Waals surface area contributed by atoms with Gasteiger partial charge in [0.05, 0.1) is 40.3 Å². The number of nitrogens with one attached hydrogen (secondary N) is 1. The van der Waals surface area contributed by atoms with Gasteiger partial charge in [0.15, 0.2) is 0 Å². The van der Waals surface area contributed by atoms with Gasteiger partial charge in [-0.25, -0.2) is 9.97 Å². The normalized spacial score (nSPS) is 19.4. The molecule has 1 fully saturated rings. The summed E-state index contributed by atoms with van der Waals surface area (Å²) in [6, 6.07) is 4.45. The van der Waals surface area contributed by atoms with Gasteiger partial charge in [0.25, 0.3) is 11.5 Å². The van der Waals surface area contributed by atoms with E-state index in [0.29, 0.717) is 30.3 Å². The van der Waals surface area contributed by atoms with Crippen molar-refractivity contribution in [2.45, 2.75) is 52.1 Å². The fraction of sp³-hybridized carbons (Fsp3) is 0.440. The lowest BCUT2D eigenvalue weighted by Crippen LogP contribution is -2.48. The lowest BCUT2D eigenvalue weighted by atomic mass is 9.98. The molecule has 4 rings (SSSR count). The average molecular weight is 504 g/mol. The van der Waals surface area contributed by atoms with Crippen LogP contribution in [0.3, 0.4) is 0 Å². The van der Waals surface area contributed by atoms with Crippen LogP contribution in [0.5, 0.6) is 0 Å². The van der Waals surface area contributed by atoms with Crippen LogP contribution in [0.15, 0.2) is 35.3 Å². The van der Waals surface area contributed by atoms with Gasteiger partial charge in [0.2, 0.25) is 0 Å². The van der Waals surface area contributed by atoms with Crippen molar-refractivity contribution in [2.75, 3.05) is 18.4 Å². The second-order valence-electron chi connectivity index (χ2n) is 9.24. The number of alkyl halides is 3. The number of amides is 1. The standard InChI is InChI=1S/C25H28F3N5O3/c1-13-11-33(12-14(2)36-13)23(34)17-6-7-22(29-10-17)30-15(3)18-8-19-21(9-20(18)25(26,27)28)31-16(4)32(5)24(19)35/h6-10,13-15H,11-12H2,1-5H3,(H,29,30). The Hall–Kier alpha value is -3.47. The van der Waals surface area contributed by atoms with Gasteiger partial charge in [-0.15, -0.1) is 0 Å². The van der Waals surface area contributed by atoms with Crippen LogP contribution >= 0.6 is 0 Å². The maximum atomic E-state index is 13.9. The fourth-order valence-electron chi connectivity index (χ4n) is 4.48. The maximum Gasteiger partial charge on any atom is 0.416 e. The Bertz CT molecular complexity index is 1340. The largest absolute Gasteiger partial charge is 0.416 e. The summed E-state index contributed by atoms with van der Waals surface area (Å²) in [4.78, 5) is 35.6. The van der Waals surface area contributed by atoms with Crippen molar-refractivity contribution in [1.29, 1.82) is 0 Å². The van der Waals surface area contributed by atoms with Gasteiger partial charge in [-0.1, -0.05) is 0 Å². The molecule has 192 valence electrons. The highest BCUT2D eigenvalue weighted by molar-refractivity contribution is 5.94. The Balaban J connectivity index is 1.61. The average Bonchev–Trinajstić information content (AvgIpc) is 2.81. The number of aryl methyl sites for hydroxylation is 1. The summed E-state index contributed by atoms with van der Waals surface area (Å²) in [5.41, 5.74) is -1.03. The Morgan fingerprint density at radius 1 is 1.19 bits per heavy atom. The summed E-state index contributed by atoms with van der Waals surface area (Å²) in [6.45, 7) is 7.86. The fourth-order valence-corrected chi connectivity index (χ4v) is 4.48. The van der Waals surface area contributed by atoms with Crippen LogP contribution in [0, 0.1) is 6.92 Å². The zero-order valence-electron chi connectivity index (χ0n) is 20.7. The van der Waals surface area contributed by atoms with Crippen LogP contribution in [0.4, 0.5) is 19.0 Å². The Morgan fingerprint density at radius 2 is 1.86 bits per heavy atom. The first-order valence-electron chi connectivity index (χ1n) is 11.6. The van der Waals surface area contributed by atoms with Gasteiger partial charge in [-0.2, -0.15) is 13.2 Å². The van der Waals surface area contributed by atoms with Gasteiger partial charge in [0.1, 0.15) is 11.6 Å². The van der Waals surface area contributed by atoms with E-state index in [4.69, 9.17) is 4.74 Å². The molecule has 0 spiro atoms. The molecule has 11 heteroatoms. The first-order valence-corrected chi connectivity index (χ1v) is 11.6. The number of benzene rings is 1. The van der Waals surface area contributed by atoms with Crippen molar-refractivity contribution in [3.05, 3.63) is 63.3 Å². The number of morpholine rings is 1. The van der Waals surface area contributed by atoms with Crippen LogP contribution in [-0.2, 0) is 18.0 Å². The van der Waals surface area contributed by atoms with Gasteiger partial charge >= 0.3 is 6.18 Å².